The maximum absolute atomic E-state index is 15.2. The molecule has 0 aliphatic carbocycles. The molecule has 1 fully saturated rings. The van der Waals surface area contributed by atoms with Crippen LogP contribution < -0.4 is 4.74 Å². The van der Waals surface area contributed by atoms with Crippen LogP contribution in [0.25, 0.3) is 10.8 Å². The molecule has 0 unspecified atom stereocenters. The van der Waals surface area contributed by atoms with Crippen LogP contribution in [0.4, 0.5) is 22.0 Å². The third kappa shape index (κ3) is 6.95. The van der Waals surface area contributed by atoms with E-state index in [1.54, 1.807) is 12.1 Å². The normalized spacial score (nSPS) is 18.5. The van der Waals surface area contributed by atoms with Crippen LogP contribution in [-0.4, -0.2) is 32.3 Å². The molecule has 1 aliphatic rings. The summed E-state index contributed by atoms with van der Waals surface area (Å²) in [7, 11) is 0. The molecule has 1 aliphatic heterocycles. The molecular formula is C28H29F5O3. The molecular weight excluding hydrogens is 479 g/mol. The first-order valence-electron chi connectivity index (χ1n) is 12.1. The van der Waals surface area contributed by atoms with Crippen molar-refractivity contribution in [2.45, 2.75) is 51.5 Å². The standard InChI is InChI=1S/C28H29F5O3/c1-2-18-15-34-26(35-16-18)12-6-19-4-10-23-22(13-19)9-8-21(27(23)30)7-3-20-5-11-25(24(29)14-20)36-17-28(31,32)33/h4-5,8-11,13-14,18,26H,2-3,6-7,12,15-17H2,1H3. The fourth-order valence-electron chi connectivity index (χ4n) is 4.26. The van der Waals surface area contributed by atoms with Crippen molar-refractivity contribution in [3.63, 3.8) is 0 Å². The van der Waals surface area contributed by atoms with Crippen LogP contribution in [0.3, 0.4) is 0 Å². The van der Waals surface area contributed by atoms with Gasteiger partial charge in [-0.3, -0.25) is 0 Å². The van der Waals surface area contributed by atoms with E-state index in [0.717, 1.165) is 49.5 Å². The highest BCUT2D eigenvalue weighted by molar-refractivity contribution is 5.84. The third-order valence-electron chi connectivity index (χ3n) is 6.45. The second-order valence-electron chi connectivity index (χ2n) is 9.17. The molecule has 0 N–H and O–H groups in total. The van der Waals surface area contributed by atoms with Gasteiger partial charge in [-0.15, -0.1) is 0 Å². The van der Waals surface area contributed by atoms with Gasteiger partial charge in [-0.25, -0.2) is 8.78 Å². The maximum Gasteiger partial charge on any atom is 0.422 e. The Morgan fingerprint density at radius 3 is 2.31 bits per heavy atom. The highest BCUT2D eigenvalue weighted by Crippen LogP contribution is 2.27. The summed E-state index contributed by atoms with van der Waals surface area (Å²) in [5.41, 5.74) is 2.10. The van der Waals surface area contributed by atoms with Gasteiger partial charge in [-0.1, -0.05) is 43.3 Å². The lowest BCUT2D eigenvalue weighted by Crippen LogP contribution is -2.32. The van der Waals surface area contributed by atoms with Gasteiger partial charge in [-0.2, -0.15) is 13.2 Å². The molecule has 36 heavy (non-hydrogen) atoms. The minimum absolute atomic E-state index is 0.210. The number of halogens is 5. The van der Waals surface area contributed by atoms with Crippen LogP contribution in [0.2, 0.25) is 0 Å². The highest BCUT2D eigenvalue weighted by atomic mass is 19.4. The number of fused-ring (bicyclic) bond motifs is 1. The molecule has 1 saturated heterocycles. The molecule has 8 heteroatoms. The fourth-order valence-corrected chi connectivity index (χ4v) is 4.26. The zero-order valence-electron chi connectivity index (χ0n) is 20.0. The molecule has 0 aromatic heterocycles. The third-order valence-corrected chi connectivity index (χ3v) is 6.45. The first-order valence-corrected chi connectivity index (χ1v) is 12.1. The summed E-state index contributed by atoms with van der Waals surface area (Å²) in [5.74, 6) is -1.21. The van der Waals surface area contributed by atoms with Gasteiger partial charge in [0, 0.05) is 17.7 Å². The predicted octanol–water partition coefficient (Wildman–Crippen LogP) is 7.18. The number of ether oxygens (including phenoxy) is 3. The van der Waals surface area contributed by atoms with Gasteiger partial charge in [0.15, 0.2) is 24.5 Å². The molecule has 194 valence electrons. The van der Waals surface area contributed by atoms with E-state index in [9.17, 15) is 17.6 Å². The first kappa shape index (κ1) is 26.4. The van der Waals surface area contributed by atoms with Crippen LogP contribution in [0, 0.1) is 17.6 Å². The molecule has 0 spiro atoms. The summed E-state index contributed by atoms with van der Waals surface area (Å²) in [5, 5.41) is 1.30. The first-order chi connectivity index (χ1) is 17.2. The Labute approximate surface area is 207 Å². The van der Waals surface area contributed by atoms with Crippen molar-refractivity contribution < 1.29 is 36.2 Å². The van der Waals surface area contributed by atoms with E-state index in [2.05, 4.69) is 11.7 Å². The summed E-state index contributed by atoms with van der Waals surface area (Å²) in [6, 6.07) is 13.0. The number of benzene rings is 3. The summed E-state index contributed by atoms with van der Waals surface area (Å²) in [6.07, 6.45) is -1.57. The number of rotatable bonds is 9. The van der Waals surface area contributed by atoms with E-state index in [0.29, 0.717) is 35.3 Å². The Hall–Kier alpha value is -2.71. The van der Waals surface area contributed by atoms with Gasteiger partial charge >= 0.3 is 6.18 Å². The Morgan fingerprint density at radius 2 is 1.61 bits per heavy atom. The van der Waals surface area contributed by atoms with Crippen LogP contribution in [0.1, 0.15) is 36.5 Å². The van der Waals surface area contributed by atoms with Gasteiger partial charge in [0.25, 0.3) is 0 Å². The van der Waals surface area contributed by atoms with Gasteiger partial charge in [0.05, 0.1) is 13.2 Å². The van der Waals surface area contributed by atoms with Crippen molar-refractivity contribution in [2.24, 2.45) is 5.92 Å². The molecule has 0 atom stereocenters. The molecule has 1 heterocycles. The molecule has 0 amide bonds. The van der Waals surface area contributed by atoms with E-state index >= 15 is 4.39 Å². The lowest BCUT2D eigenvalue weighted by atomic mass is 9.98. The average Bonchev–Trinajstić information content (AvgIpc) is 2.86. The molecule has 0 bridgehead atoms. The zero-order chi connectivity index (χ0) is 25.7. The monoisotopic (exact) mass is 508 g/mol. The van der Waals surface area contributed by atoms with Crippen molar-refractivity contribution in [3.05, 3.63) is 76.9 Å². The number of hydrogen-bond donors (Lipinski definition) is 0. The molecule has 0 radical (unpaired) electrons. The predicted molar refractivity (Wildman–Crippen MR) is 127 cm³/mol. The van der Waals surface area contributed by atoms with E-state index in [1.165, 1.54) is 12.1 Å². The summed E-state index contributed by atoms with van der Waals surface area (Å²) in [4.78, 5) is 0. The van der Waals surface area contributed by atoms with Crippen LogP contribution in [0.15, 0.2) is 48.5 Å². The average molecular weight is 509 g/mol. The van der Waals surface area contributed by atoms with Gasteiger partial charge in [-0.05, 0) is 59.9 Å². The van der Waals surface area contributed by atoms with Crippen molar-refractivity contribution in [1.29, 1.82) is 0 Å². The lowest BCUT2D eigenvalue weighted by molar-refractivity contribution is -0.202. The van der Waals surface area contributed by atoms with E-state index in [-0.39, 0.29) is 12.1 Å². The van der Waals surface area contributed by atoms with Crippen molar-refractivity contribution in [1.82, 2.24) is 0 Å². The van der Waals surface area contributed by atoms with Crippen LogP contribution in [0.5, 0.6) is 5.75 Å². The maximum atomic E-state index is 15.2. The Kier molecular flexibility index (Phi) is 8.46. The second-order valence-corrected chi connectivity index (χ2v) is 9.17. The summed E-state index contributed by atoms with van der Waals surface area (Å²) in [6.45, 7) is 2.00. The largest absolute Gasteiger partial charge is 0.481 e. The van der Waals surface area contributed by atoms with E-state index in [4.69, 9.17) is 9.47 Å². The molecule has 0 saturated carbocycles. The zero-order valence-corrected chi connectivity index (χ0v) is 20.0. The van der Waals surface area contributed by atoms with E-state index in [1.807, 2.05) is 18.2 Å². The SMILES string of the molecule is CCC1COC(CCc2ccc3c(F)c(CCc4ccc(OCC(F)(F)F)c(F)c4)ccc3c2)OC1. The molecule has 3 aromatic rings. The number of hydrogen-bond acceptors (Lipinski definition) is 3. The Morgan fingerprint density at radius 1 is 0.889 bits per heavy atom. The van der Waals surface area contributed by atoms with Gasteiger partial charge in [0.2, 0.25) is 0 Å². The molecule has 3 aromatic carbocycles. The second kappa shape index (κ2) is 11.6. The molecule has 3 nitrogen and oxygen atoms in total. The lowest BCUT2D eigenvalue weighted by Gasteiger charge is -2.28. The Bertz CT molecular complexity index is 1170. The smallest absolute Gasteiger partial charge is 0.422 e. The fraction of sp³-hybridized carbons (Fsp3) is 0.429. The molecule has 4 rings (SSSR count). The topological polar surface area (TPSA) is 27.7 Å². The summed E-state index contributed by atoms with van der Waals surface area (Å²) >= 11 is 0. The minimum atomic E-state index is -4.55. The summed E-state index contributed by atoms with van der Waals surface area (Å²) < 4.78 is 82.1. The van der Waals surface area contributed by atoms with E-state index < -0.39 is 24.3 Å². The number of alkyl halides is 3. The van der Waals surface area contributed by atoms with Gasteiger partial charge < -0.3 is 14.2 Å². The number of aryl methyl sites for hydroxylation is 3. The minimum Gasteiger partial charge on any atom is -0.481 e. The van der Waals surface area contributed by atoms with Crippen molar-refractivity contribution in [2.75, 3.05) is 19.8 Å². The highest BCUT2D eigenvalue weighted by Gasteiger charge is 2.29. The van der Waals surface area contributed by atoms with Crippen molar-refractivity contribution in [3.8, 4) is 5.75 Å². The van der Waals surface area contributed by atoms with Crippen molar-refractivity contribution >= 4 is 10.8 Å². The van der Waals surface area contributed by atoms with Gasteiger partial charge in [0.1, 0.15) is 5.82 Å². The van der Waals surface area contributed by atoms with Crippen LogP contribution in [-0.2, 0) is 28.7 Å². The van der Waals surface area contributed by atoms with Crippen LogP contribution >= 0.6 is 0 Å². The quantitative estimate of drug-likeness (QED) is 0.287. The Balaban J connectivity index is 1.35.